The van der Waals surface area contributed by atoms with Crippen LogP contribution in [-0.4, -0.2) is 57.7 Å². The second-order valence-corrected chi connectivity index (χ2v) is 3.97. The van der Waals surface area contributed by atoms with Crippen molar-refractivity contribution in [3.05, 3.63) is 0 Å². The summed E-state index contributed by atoms with van der Waals surface area (Å²) >= 11 is 0. The van der Waals surface area contributed by atoms with Crippen molar-refractivity contribution in [3.8, 4) is 0 Å². The summed E-state index contributed by atoms with van der Waals surface area (Å²) in [5, 5.41) is 21.4. The van der Waals surface area contributed by atoms with E-state index in [1.54, 1.807) is 13.8 Å². The standard InChI is InChI=1S/C4H9NO.3C2HF3O2/c1-3(2)4(5)6;3*3-2(4,5)1(6)7/h3H,1-2H3,(H2,5,6);3*(H,6,7). The fraction of sp³-hybridized carbons (Fsp3) is 0.600. The van der Waals surface area contributed by atoms with Gasteiger partial charge < -0.3 is 21.1 Å². The van der Waals surface area contributed by atoms with E-state index in [4.69, 9.17) is 35.4 Å². The first kappa shape index (κ1) is 32.0. The highest BCUT2D eigenvalue weighted by molar-refractivity contribution is 5.75. The molecule has 0 bridgehead atoms. The Morgan fingerprint density at radius 1 is 0.630 bits per heavy atom. The molecule has 8 nitrogen and oxygen atoms in total. The molecule has 0 spiro atoms. The van der Waals surface area contributed by atoms with Crippen molar-refractivity contribution in [2.45, 2.75) is 32.4 Å². The van der Waals surface area contributed by atoms with Crippen LogP contribution in [0.1, 0.15) is 13.8 Å². The van der Waals surface area contributed by atoms with Gasteiger partial charge in [0.1, 0.15) is 0 Å². The smallest absolute Gasteiger partial charge is 0.475 e. The maximum Gasteiger partial charge on any atom is 0.490 e. The molecular weight excluding hydrogens is 417 g/mol. The molecule has 0 aromatic rings. The number of hydrogen-bond donors (Lipinski definition) is 4. The van der Waals surface area contributed by atoms with Crippen molar-refractivity contribution in [2.75, 3.05) is 0 Å². The first-order chi connectivity index (χ1) is 11.5. The second-order valence-electron chi connectivity index (χ2n) is 3.97. The second kappa shape index (κ2) is 12.6. The molecule has 0 atom stereocenters. The van der Waals surface area contributed by atoms with Gasteiger partial charge in [-0.1, -0.05) is 13.8 Å². The molecule has 0 unspecified atom stereocenters. The van der Waals surface area contributed by atoms with Gasteiger partial charge in [-0.25, -0.2) is 14.4 Å². The number of amides is 1. The molecule has 0 aromatic heterocycles. The largest absolute Gasteiger partial charge is 0.490 e. The Morgan fingerprint density at radius 2 is 0.704 bits per heavy atom. The summed E-state index contributed by atoms with van der Waals surface area (Å²) in [5.74, 6) is -8.52. The van der Waals surface area contributed by atoms with Gasteiger partial charge in [0.25, 0.3) is 0 Å². The summed E-state index contributed by atoms with van der Waals surface area (Å²) in [5.41, 5.74) is 4.80. The number of alkyl halides is 9. The number of carboxylic acids is 3. The van der Waals surface area contributed by atoms with Crippen molar-refractivity contribution in [1.29, 1.82) is 0 Å². The summed E-state index contributed by atoms with van der Waals surface area (Å²) in [7, 11) is 0. The molecule has 0 fully saturated rings. The lowest BCUT2D eigenvalue weighted by Gasteiger charge is -1.93. The minimum Gasteiger partial charge on any atom is -0.475 e. The number of carbonyl (C=O) groups is 4. The van der Waals surface area contributed by atoms with Crippen LogP contribution in [0, 0.1) is 5.92 Å². The van der Waals surface area contributed by atoms with Crippen LogP contribution in [0.3, 0.4) is 0 Å². The van der Waals surface area contributed by atoms with E-state index >= 15 is 0 Å². The average Bonchev–Trinajstić information content (AvgIpc) is 2.36. The molecule has 0 saturated carbocycles. The van der Waals surface area contributed by atoms with Gasteiger partial charge in [-0.05, 0) is 0 Å². The number of hydrogen-bond acceptors (Lipinski definition) is 4. The van der Waals surface area contributed by atoms with Gasteiger partial charge in [0.15, 0.2) is 0 Å². The highest BCUT2D eigenvalue weighted by Crippen LogP contribution is 2.14. The zero-order valence-corrected chi connectivity index (χ0v) is 13.0. The van der Waals surface area contributed by atoms with Crippen LogP contribution in [0.5, 0.6) is 0 Å². The molecule has 0 aliphatic rings. The highest BCUT2D eigenvalue weighted by atomic mass is 19.4. The van der Waals surface area contributed by atoms with Gasteiger partial charge in [0.05, 0.1) is 0 Å². The third-order valence-electron chi connectivity index (χ3n) is 1.30. The fourth-order valence-corrected chi connectivity index (χ4v) is 0. The van der Waals surface area contributed by atoms with E-state index in [-0.39, 0.29) is 11.8 Å². The van der Waals surface area contributed by atoms with Crippen LogP contribution in [0.15, 0.2) is 0 Å². The van der Waals surface area contributed by atoms with Gasteiger partial charge in [-0.3, -0.25) is 4.79 Å². The summed E-state index contributed by atoms with van der Waals surface area (Å²) < 4.78 is 95.2. The number of nitrogens with two attached hydrogens (primary N) is 1. The maximum atomic E-state index is 10.6. The normalized spacial score (nSPS) is 10.8. The predicted molar refractivity (Wildman–Crippen MR) is 65.1 cm³/mol. The van der Waals surface area contributed by atoms with Gasteiger partial charge in [-0.2, -0.15) is 39.5 Å². The Morgan fingerprint density at radius 3 is 0.704 bits per heavy atom. The van der Waals surface area contributed by atoms with Crippen LogP contribution >= 0.6 is 0 Å². The fourth-order valence-electron chi connectivity index (χ4n) is 0. The van der Waals surface area contributed by atoms with Crippen molar-refractivity contribution in [2.24, 2.45) is 11.7 Å². The summed E-state index contributed by atoms with van der Waals surface area (Å²) in [6, 6.07) is 0. The molecule has 27 heavy (non-hydrogen) atoms. The summed E-state index contributed by atoms with van der Waals surface area (Å²) in [4.78, 5) is 36.6. The molecular formula is C10H12F9NO7. The minimum atomic E-state index is -5.08. The van der Waals surface area contributed by atoms with Gasteiger partial charge in [0.2, 0.25) is 5.91 Å². The Bertz CT molecular complexity index is 438. The van der Waals surface area contributed by atoms with Gasteiger partial charge in [0, 0.05) is 5.92 Å². The third-order valence-corrected chi connectivity index (χ3v) is 1.30. The monoisotopic (exact) mass is 429 g/mol. The molecule has 0 rings (SSSR count). The Labute approximate surface area is 143 Å². The van der Waals surface area contributed by atoms with Gasteiger partial charge >= 0.3 is 36.4 Å². The molecule has 0 heterocycles. The van der Waals surface area contributed by atoms with E-state index in [9.17, 15) is 44.3 Å². The van der Waals surface area contributed by atoms with Crippen LogP contribution in [-0.2, 0) is 19.2 Å². The van der Waals surface area contributed by atoms with Gasteiger partial charge in [-0.15, -0.1) is 0 Å². The van der Waals surface area contributed by atoms with Crippen LogP contribution < -0.4 is 5.73 Å². The van der Waals surface area contributed by atoms with Crippen LogP contribution in [0.4, 0.5) is 39.5 Å². The van der Waals surface area contributed by atoms with Crippen molar-refractivity contribution < 1.29 is 74.0 Å². The molecule has 0 aliphatic heterocycles. The lowest BCUT2D eigenvalue weighted by molar-refractivity contribution is -0.193. The van der Waals surface area contributed by atoms with Crippen LogP contribution in [0.25, 0.3) is 0 Å². The first-order valence-electron chi connectivity index (χ1n) is 5.67. The zero-order chi connectivity index (χ0) is 23.4. The van der Waals surface area contributed by atoms with E-state index in [0.29, 0.717) is 0 Å². The minimum absolute atomic E-state index is 0.00926. The van der Waals surface area contributed by atoms with Crippen LogP contribution in [0.2, 0.25) is 0 Å². The molecule has 17 heteroatoms. The molecule has 1 amide bonds. The highest BCUT2D eigenvalue weighted by Gasteiger charge is 2.39. The lowest BCUT2D eigenvalue weighted by Crippen LogP contribution is -2.21. The summed E-state index contributed by atoms with van der Waals surface area (Å²) in [6.45, 7) is 3.53. The Kier molecular flexibility index (Phi) is 14.9. The number of primary amides is 1. The van der Waals surface area contributed by atoms with Crippen molar-refractivity contribution in [3.63, 3.8) is 0 Å². The first-order valence-corrected chi connectivity index (χ1v) is 5.67. The average molecular weight is 429 g/mol. The SMILES string of the molecule is CC(C)C(N)=O.O=C(O)C(F)(F)F.O=C(O)C(F)(F)F.O=C(O)C(F)(F)F. The van der Waals surface area contributed by atoms with E-state index < -0.39 is 36.4 Å². The number of halogens is 9. The van der Waals surface area contributed by atoms with E-state index in [2.05, 4.69) is 0 Å². The van der Waals surface area contributed by atoms with E-state index in [0.717, 1.165) is 0 Å². The topological polar surface area (TPSA) is 155 Å². The molecule has 5 N–H and O–H groups in total. The molecule has 0 saturated heterocycles. The molecule has 0 radical (unpaired) electrons. The van der Waals surface area contributed by atoms with E-state index in [1.165, 1.54) is 0 Å². The Hall–Kier alpha value is -2.75. The third kappa shape index (κ3) is 28.3. The molecule has 0 aromatic carbocycles. The summed E-state index contributed by atoms with van der Waals surface area (Å²) in [6.07, 6.45) is -15.3. The molecule has 162 valence electrons. The Balaban J connectivity index is -0.000000131. The quantitative estimate of drug-likeness (QED) is 0.465. The lowest BCUT2D eigenvalue weighted by atomic mass is 10.2. The number of rotatable bonds is 1. The number of carboxylic acid groups (broad SMARTS) is 3. The van der Waals surface area contributed by atoms with Crippen molar-refractivity contribution in [1.82, 2.24) is 0 Å². The van der Waals surface area contributed by atoms with Crippen molar-refractivity contribution >= 4 is 23.8 Å². The maximum absolute atomic E-state index is 10.6. The molecule has 0 aliphatic carbocycles. The zero-order valence-electron chi connectivity index (χ0n) is 13.0. The number of carbonyl (C=O) groups excluding carboxylic acids is 1. The van der Waals surface area contributed by atoms with E-state index in [1.807, 2.05) is 0 Å². The number of aliphatic carboxylic acids is 3. The predicted octanol–water partition coefficient (Wildman–Crippen LogP) is 2.03.